The van der Waals surface area contributed by atoms with E-state index in [0.717, 1.165) is 30.5 Å². The molecule has 0 bridgehead atoms. The molecule has 0 amide bonds. The lowest BCUT2D eigenvalue weighted by Gasteiger charge is -2.26. The highest BCUT2D eigenvalue weighted by Gasteiger charge is 2.32. The lowest BCUT2D eigenvalue weighted by atomic mass is 9.79. The molecule has 23 heavy (non-hydrogen) atoms. The Morgan fingerprint density at radius 1 is 1.13 bits per heavy atom. The number of H-pyrrole nitrogens is 1. The van der Waals surface area contributed by atoms with Gasteiger partial charge in [0.2, 0.25) is 0 Å². The fraction of sp³-hybridized carbons (Fsp3) is 0.684. The number of rotatable bonds is 8. The maximum absolute atomic E-state index is 12.2. The van der Waals surface area contributed by atoms with Crippen LogP contribution in [-0.2, 0) is 0 Å². The maximum atomic E-state index is 12.2. The van der Waals surface area contributed by atoms with E-state index < -0.39 is 0 Å². The predicted octanol–water partition coefficient (Wildman–Crippen LogP) is 4.50. The SMILES string of the molecule is CCCCCCCCC1CCC(=O)c2c1c(OC)c(C)[nH]c2=O. The molecule has 1 aliphatic rings. The highest BCUT2D eigenvalue weighted by molar-refractivity contribution is 5.99. The summed E-state index contributed by atoms with van der Waals surface area (Å²) in [6, 6.07) is 0. The first-order valence-electron chi connectivity index (χ1n) is 8.94. The average molecular weight is 319 g/mol. The van der Waals surface area contributed by atoms with Crippen LogP contribution in [0, 0.1) is 6.92 Å². The number of aromatic amines is 1. The van der Waals surface area contributed by atoms with Crippen LogP contribution in [0.1, 0.15) is 92.2 Å². The molecule has 1 atom stereocenters. The molecule has 1 aromatic rings. The van der Waals surface area contributed by atoms with Crippen LogP contribution in [0.5, 0.6) is 5.75 Å². The van der Waals surface area contributed by atoms with E-state index in [1.54, 1.807) is 7.11 Å². The summed E-state index contributed by atoms with van der Waals surface area (Å²) >= 11 is 0. The van der Waals surface area contributed by atoms with Gasteiger partial charge in [-0.15, -0.1) is 0 Å². The molecular formula is C19H29NO3. The van der Waals surface area contributed by atoms with Crippen molar-refractivity contribution in [3.8, 4) is 5.75 Å². The Bertz CT molecular complexity index is 603. The first-order valence-corrected chi connectivity index (χ1v) is 8.94. The third-order valence-electron chi connectivity index (χ3n) is 4.90. The molecule has 0 fully saturated rings. The minimum Gasteiger partial charge on any atom is -0.495 e. The lowest BCUT2D eigenvalue weighted by Crippen LogP contribution is -2.28. The fourth-order valence-electron chi connectivity index (χ4n) is 3.69. The normalized spacial score (nSPS) is 17.2. The number of hydrogen-bond acceptors (Lipinski definition) is 3. The molecule has 4 heteroatoms. The minimum atomic E-state index is -0.254. The molecule has 0 aliphatic heterocycles. The molecule has 2 rings (SSSR count). The molecule has 0 saturated carbocycles. The number of fused-ring (bicyclic) bond motifs is 1. The number of pyridine rings is 1. The van der Waals surface area contributed by atoms with Gasteiger partial charge in [0.05, 0.1) is 18.4 Å². The number of hydrogen-bond donors (Lipinski definition) is 1. The van der Waals surface area contributed by atoms with E-state index in [4.69, 9.17) is 4.74 Å². The van der Waals surface area contributed by atoms with E-state index in [0.29, 0.717) is 17.7 Å². The predicted molar refractivity (Wildman–Crippen MR) is 92.7 cm³/mol. The summed E-state index contributed by atoms with van der Waals surface area (Å²) in [4.78, 5) is 27.2. The van der Waals surface area contributed by atoms with E-state index in [9.17, 15) is 9.59 Å². The zero-order chi connectivity index (χ0) is 16.8. The van der Waals surface area contributed by atoms with Crippen LogP contribution in [0.25, 0.3) is 0 Å². The molecule has 0 spiro atoms. The highest BCUT2D eigenvalue weighted by atomic mass is 16.5. The Kier molecular flexibility index (Phi) is 6.43. The monoisotopic (exact) mass is 319 g/mol. The summed E-state index contributed by atoms with van der Waals surface area (Å²) in [6.07, 6.45) is 9.87. The third kappa shape index (κ3) is 4.04. The molecule has 128 valence electrons. The number of ether oxygens (including phenoxy) is 1. The van der Waals surface area contributed by atoms with Crippen molar-refractivity contribution in [3.05, 3.63) is 27.2 Å². The smallest absolute Gasteiger partial charge is 0.259 e. The fourth-order valence-corrected chi connectivity index (χ4v) is 3.69. The first-order chi connectivity index (χ1) is 11.1. The number of Topliss-reactive ketones (excluding diaryl/α,β-unsaturated/α-hetero) is 1. The molecule has 0 aromatic carbocycles. The Morgan fingerprint density at radius 3 is 2.52 bits per heavy atom. The van der Waals surface area contributed by atoms with E-state index in [1.165, 1.54) is 32.1 Å². The second-order valence-corrected chi connectivity index (χ2v) is 6.62. The van der Waals surface area contributed by atoms with Crippen molar-refractivity contribution in [1.82, 2.24) is 4.98 Å². The zero-order valence-corrected chi connectivity index (χ0v) is 14.7. The Morgan fingerprint density at radius 2 is 1.83 bits per heavy atom. The van der Waals surface area contributed by atoms with E-state index in [2.05, 4.69) is 11.9 Å². The number of unbranched alkanes of at least 4 members (excludes halogenated alkanes) is 5. The Labute approximate surface area is 138 Å². The molecule has 1 unspecified atom stereocenters. The van der Waals surface area contributed by atoms with Crippen molar-refractivity contribution >= 4 is 5.78 Å². The molecule has 0 radical (unpaired) electrons. The number of carbonyl (C=O) groups excluding carboxylic acids is 1. The second-order valence-electron chi connectivity index (χ2n) is 6.62. The highest BCUT2D eigenvalue weighted by Crippen LogP contribution is 2.40. The van der Waals surface area contributed by atoms with Gasteiger partial charge in [0.1, 0.15) is 5.75 Å². The van der Waals surface area contributed by atoms with Crippen molar-refractivity contribution < 1.29 is 9.53 Å². The number of methoxy groups -OCH3 is 1. The summed E-state index contributed by atoms with van der Waals surface area (Å²) in [7, 11) is 1.61. The van der Waals surface area contributed by atoms with Crippen LogP contribution in [-0.4, -0.2) is 17.9 Å². The molecule has 0 saturated heterocycles. The van der Waals surface area contributed by atoms with Gasteiger partial charge >= 0.3 is 0 Å². The topological polar surface area (TPSA) is 59.2 Å². The number of ketones is 1. The largest absolute Gasteiger partial charge is 0.495 e. The maximum Gasteiger partial charge on any atom is 0.259 e. The van der Waals surface area contributed by atoms with Gasteiger partial charge in [0, 0.05) is 12.0 Å². The summed E-state index contributed by atoms with van der Waals surface area (Å²) in [6.45, 7) is 4.06. The Balaban J connectivity index is 2.15. The molecule has 1 aliphatic carbocycles. The van der Waals surface area contributed by atoms with Gasteiger partial charge in [-0.05, 0) is 25.7 Å². The van der Waals surface area contributed by atoms with Crippen LogP contribution in [0.2, 0.25) is 0 Å². The van der Waals surface area contributed by atoms with Crippen LogP contribution in [0.3, 0.4) is 0 Å². The van der Waals surface area contributed by atoms with Crippen LogP contribution >= 0.6 is 0 Å². The molecule has 1 aromatic heterocycles. The first kappa shape index (κ1) is 17.8. The van der Waals surface area contributed by atoms with E-state index >= 15 is 0 Å². The number of nitrogens with one attached hydrogen (secondary N) is 1. The van der Waals surface area contributed by atoms with Gasteiger partial charge in [0.25, 0.3) is 5.56 Å². The quantitative estimate of drug-likeness (QED) is 0.718. The van der Waals surface area contributed by atoms with Gasteiger partial charge in [-0.1, -0.05) is 45.4 Å². The van der Waals surface area contributed by atoms with Crippen molar-refractivity contribution in [3.63, 3.8) is 0 Å². The van der Waals surface area contributed by atoms with Crippen LogP contribution < -0.4 is 10.3 Å². The van der Waals surface area contributed by atoms with Gasteiger partial charge < -0.3 is 9.72 Å². The van der Waals surface area contributed by atoms with E-state index in [1.807, 2.05) is 6.92 Å². The number of aryl methyl sites for hydroxylation is 1. The number of aromatic nitrogens is 1. The minimum absolute atomic E-state index is 0.0428. The number of carbonyl (C=O) groups is 1. The van der Waals surface area contributed by atoms with Crippen LogP contribution in [0.15, 0.2) is 4.79 Å². The van der Waals surface area contributed by atoms with Gasteiger partial charge in [0.15, 0.2) is 5.78 Å². The van der Waals surface area contributed by atoms with Crippen LogP contribution in [0.4, 0.5) is 0 Å². The summed E-state index contributed by atoms with van der Waals surface area (Å²) in [5.41, 5.74) is 1.67. The van der Waals surface area contributed by atoms with E-state index in [-0.39, 0.29) is 17.3 Å². The average Bonchev–Trinajstić information content (AvgIpc) is 2.52. The second kappa shape index (κ2) is 8.32. The molecule has 1 N–H and O–H groups in total. The van der Waals surface area contributed by atoms with Gasteiger partial charge in [-0.3, -0.25) is 9.59 Å². The summed E-state index contributed by atoms with van der Waals surface area (Å²) in [5, 5.41) is 0. The van der Waals surface area contributed by atoms with Gasteiger partial charge in [-0.2, -0.15) is 0 Å². The Hall–Kier alpha value is -1.58. The summed E-state index contributed by atoms with van der Waals surface area (Å²) < 4.78 is 5.51. The third-order valence-corrected chi connectivity index (χ3v) is 4.90. The molecular weight excluding hydrogens is 290 g/mol. The molecule has 4 nitrogen and oxygen atoms in total. The van der Waals surface area contributed by atoms with Crippen molar-refractivity contribution in [2.75, 3.05) is 7.11 Å². The van der Waals surface area contributed by atoms with Crippen molar-refractivity contribution in [2.45, 2.75) is 77.6 Å². The summed E-state index contributed by atoms with van der Waals surface area (Å²) in [5.74, 6) is 0.923. The van der Waals surface area contributed by atoms with Gasteiger partial charge in [-0.25, -0.2) is 0 Å². The lowest BCUT2D eigenvalue weighted by molar-refractivity contribution is 0.0963. The molecule has 1 heterocycles. The van der Waals surface area contributed by atoms with Crippen molar-refractivity contribution in [2.24, 2.45) is 0 Å². The standard InChI is InChI=1S/C19H29NO3/c1-4-5-6-7-8-9-10-14-11-12-15(21)17-16(14)18(23-3)13(2)20-19(17)22/h14H,4-12H2,1-3H3,(H,20,22). The zero-order valence-electron chi connectivity index (χ0n) is 14.7. The van der Waals surface area contributed by atoms with Crippen molar-refractivity contribution in [1.29, 1.82) is 0 Å².